The summed E-state index contributed by atoms with van der Waals surface area (Å²) in [6.07, 6.45) is 2.15. The molecule has 4 rings (SSSR count). The molecule has 5 heteroatoms. The lowest BCUT2D eigenvalue weighted by Crippen LogP contribution is -2.33. The van der Waals surface area contributed by atoms with E-state index in [0.717, 1.165) is 49.4 Å². The molecule has 0 saturated carbocycles. The number of nitrogens with zero attached hydrogens (tertiary/aromatic N) is 2. The number of methoxy groups -OCH3 is 1. The number of carbonyl (C=O) groups excluding carboxylic acids is 1. The second kappa shape index (κ2) is 11.3. The Hall–Kier alpha value is -3.18. The highest BCUT2D eigenvalue weighted by atomic mass is 19.1. The molecule has 0 N–H and O–H groups in total. The Morgan fingerprint density at radius 2 is 1.56 bits per heavy atom. The van der Waals surface area contributed by atoms with Crippen molar-refractivity contribution in [2.75, 3.05) is 20.2 Å². The van der Waals surface area contributed by atoms with Gasteiger partial charge < -0.3 is 9.64 Å². The van der Waals surface area contributed by atoms with Crippen LogP contribution in [0.4, 0.5) is 4.39 Å². The number of ether oxygens (including phenoxy) is 1. The molecule has 1 amide bonds. The fourth-order valence-corrected chi connectivity index (χ4v) is 4.85. The second-order valence-electron chi connectivity index (χ2n) is 9.06. The van der Waals surface area contributed by atoms with Gasteiger partial charge in [-0.3, -0.25) is 9.69 Å². The molecule has 0 radical (unpaired) electrons. The molecular formula is C29H33FN2O2. The Kier molecular flexibility index (Phi) is 7.96. The van der Waals surface area contributed by atoms with E-state index in [0.29, 0.717) is 19.0 Å². The van der Waals surface area contributed by atoms with Gasteiger partial charge in [-0.1, -0.05) is 54.6 Å². The Morgan fingerprint density at radius 1 is 0.941 bits per heavy atom. The molecule has 0 aromatic heterocycles. The first-order valence-corrected chi connectivity index (χ1v) is 12.0. The van der Waals surface area contributed by atoms with Crippen LogP contribution in [0.2, 0.25) is 0 Å². The summed E-state index contributed by atoms with van der Waals surface area (Å²) < 4.78 is 18.7. The second-order valence-corrected chi connectivity index (χ2v) is 9.06. The van der Waals surface area contributed by atoms with Crippen molar-refractivity contribution in [3.8, 4) is 5.75 Å². The molecule has 4 nitrogen and oxygen atoms in total. The van der Waals surface area contributed by atoms with E-state index in [1.807, 2.05) is 41.3 Å². The van der Waals surface area contributed by atoms with Crippen LogP contribution in [0.3, 0.4) is 0 Å². The zero-order chi connectivity index (χ0) is 23.9. The molecule has 1 saturated heterocycles. The highest BCUT2D eigenvalue weighted by Gasteiger charge is 2.24. The van der Waals surface area contributed by atoms with Gasteiger partial charge in [0.25, 0.3) is 0 Å². The van der Waals surface area contributed by atoms with E-state index in [1.165, 1.54) is 23.3 Å². The Bertz CT molecular complexity index is 1090. The maximum atomic E-state index is 13.2. The highest BCUT2D eigenvalue weighted by Crippen LogP contribution is 2.32. The fraction of sp³-hybridized carbons (Fsp3) is 0.345. The lowest BCUT2D eigenvalue weighted by atomic mass is 9.86. The predicted molar refractivity (Wildman–Crippen MR) is 133 cm³/mol. The predicted octanol–water partition coefficient (Wildman–Crippen LogP) is 5.76. The Labute approximate surface area is 202 Å². The van der Waals surface area contributed by atoms with Crippen molar-refractivity contribution in [2.24, 2.45) is 0 Å². The molecule has 34 heavy (non-hydrogen) atoms. The Morgan fingerprint density at radius 3 is 2.24 bits per heavy atom. The molecule has 1 aliphatic rings. The number of likely N-dealkylation sites (tertiary alicyclic amines) is 1. The van der Waals surface area contributed by atoms with Crippen LogP contribution in [0, 0.1) is 5.82 Å². The molecule has 0 bridgehead atoms. The summed E-state index contributed by atoms with van der Waals surface area (Å²) in [6, 6.07) is 23.2. The molecule has 1 aliphatic heterocycles. The largest absolute Gasteiger partial charge is 0.496 e. The Balaban J connectivity index is 1.43. The van der Waals surface area contributed by atoms with Gasteiger partial charge in [-0.2, -0.15) is 0 Å². The first kappa shape index (κ1) is 24.0. The first-order chi connectivity index (χ1) is 16.5. The van der Waals surface area contributed by atoms with E-state index in [-0.39, 0.29) is 11.7 Å². The summed E-state index contributed by atoms with van der Waals surface area (Å²) in [7, 11) is 1.66. The van der Waals surface area contributed by atoms with Crippen LogP contribution in [0.25, 0.3) is 0 Å². The third-order valence-corrected chi connectivity index (χ3v) is 6.76. The van der Waals surface area contributed by atoms with Crippen LogP contribution in [0.5, 0.6) is 5.75 Å². The van der Waals surface area contributed by atoms with Gasteiger partial charge in [0.15, 0.2) is 0 Å². The number of amides is 1. The molecule has 1 fully saturated rings. The van der Waals surface area contributed by atoms with Crippen molar-refractivity contribution in [3.05, 3.63) is 101 Å². The third-order valence-electron chi connectivity index (χ3n) is 6.76. The minimum absolute atomic E-state index is 0.0508. The van der Waals surface area contributed by atoms with Gasteiger partial charge in [-0.25, -0.2) is 4.39 Å². The number of halogens is 1. The van der Waals surface area contributed by atoms with Crippen LogP contribution in [-0.4, -0.2) is 35.9 Å². The van der Waals surface area contributed by atoms with Gasteiger partial charge >= 0.3 is 0 Å². The lowest BCUT2D eigenvalue weighted by molar-refractivity contribution is -0.130. The van der Waals surface area contributed by atoms with Crippen LogP contribution in [-0.2, 0) is 24.4 Å². The summed E-state index contributed by atoms with van der Waals surface area (Å²) in [5, 5.41) is 0. The maximum Gasteiger partial charge on any atom is 0.220 e. The van der Waals surface area contributed by atoms with Gasteiger partial charge in [-0.05, 0) is 66.7 Å². The molecule has 0 unspecified atom stereocenters. The van der Waals surface area contributed by atoms with Gasteiger partial charge in [-0.15, -0.1) is 0 Å². The topological polar surface area (TPSA) is 32.8 Å². The number of benzene rings is 3. The molecule has 3 aromatic carbocycles. The van der Waals surface area contributed by atoms with Crippen molar-refractivity contribution < 1.29 is 13.9 Å². The van der Waals surface area contributed by atoms with E-state index >= 15 is 0 Å². The molecular weight excluding hydrogens is 427 g/mol. The van der Waals surface area contributed by atoms with Gasteiger partial charge in [0.1, 0.15) is 11.6 Å². The maximum absolute atomic E-state index is 13.2. The van der Waals surface area contributed by atoms with E-state index < -0.39 is 0 Å². The van der Waals surface area contributed by atoms with Crippen molar-refractivity contribution in [3.63, 3.8) is 0 Å². The molecule has 1 heterocycles. The zero-order valence-corrected chi connectivity index (χ0v) is 20.0. The third kappa shape index (κ3) is 6.03. The van der Waals surface area contributed by atoms with E-state index in [9.17, 15) is 9.18 Å². The van der Waals surface area contributed by atoms with Crippen molar-refractivity contribution in [2.45, 2.75) is 45.3 Å². The molecule has 0 atom stereocenters. The molecule has 3 aromatic rings. The summed E-state index contributed by atoms with van der Waals surface area (Å²) in [5.41, 5.74) is 4.71. The van der Waals surface area contributed by atoms with E-state index in [2.05, 4.69) is 29.2 Å². The minimum atomic E-state index is -0.190. The summed E-state index contributed by atoms with van der Waals surface area (Å²) in [5.74, 6) is 1.13. The lowest BCUT2D eigenvalue weighted by Gasteiger charge is -2.33. The van der Waals surface area contributed by atoms with Crippen molar-refractivity contribution in [1.29, 1.82) is 0 Å². The smallest absolute Gasteiger partial charge is 0.220 e. The summed E-state index contributed by atoms with van der Waals surface area (Å²) in [4.78, 5) is 16.9. The van der Waals surface area contributed by atoms with Crippen LogP contribution < -0.4 is 4.74 Å². The number of hydrogen-bond donors (Lipinski definition) is 0. The first-order valence-electron chi connectivity index (χ1n) is 12.0. The minimum Gasteiger partial charge on any atom is -0.496 e. The quantitative estimate of drug-likeness (QED) is 0.428. The number of carbonyl (C=O) groups is 1. The molecule has 178 valence electrons. The van der Waals surface area contributed by atoms with Crippen molar-refractivity contribution >= 4 is 5.91 Å². The molecule has 0 aliphatic carbocycles. The average Bonchev–Trinajstić information content (AvgIpc) is 2.86. The number of rotatable bonds is 8. The van der Waals surface area contributed by atoms with E-state index in [4.69, 9.17) is 4.74 Å². The van der Waals surface area contributed by atoms with Gasteiger partial charge in [0, 0.05) is 32.1 Å². The zero-order valence-electron chi connectivity index (χ0n) is 20.0. The standard InChI is InChI=1S/C29H33FN2O2/c1-22(33)32(21-26-8-4-6-10-29(26)34-2)20-25-7-3-5-9-28(25)24-15-17-31(18-16-24)19-23-11-13-27(30)14-12-23/h3-14,24H,15-21H2,1-2H3. The fourth-order valence-electron chi connectivity index (χ4n) is 4.85. The molecule has 0 spiro atoms. The van der Waals surface area contributed by atoms with Gasteiger partial charge in [0.2, 0.25) is 5.91 Å². The van der Waals surface area contributed by atoms with E-state index in [1.54, 1.807) is 14.0 Å². The number of hydrogen-bond acceptors (Lipinski definition) is 3. The monoisotopic (exact) mass is 460 g/mol. The average molecular weight is 461 g/mol. The van der Waals surface area contributed by atoms with Crippen LogP contribution >= 0.6 is 0 Å². The van der Waals surface area contributed by atoms with Crippen molar-refractivity contribution in [1.82, 2.24) is 9.80 Å². The number of para-hydroxylation sites is 1. The van der Waals surface area contributed by atoms with Crippen LogP contribution in [0.15, 0.2) is 72.8 Å². The summed E-state index contributed by atoms with van der Waals surface area (Å²) >= 11 is 0. The normalized spacial score (nSPS) is 14.7. The number of piperidine rings is 1. The summed E-state index contributed by atoms with van der Waals surface area (Å²) in [6.45, 7) is 5.60. The SMILES string of the molecule is COc1ccccc1CN(Cc1ccccc1C1CCN(Cc2ccc(F)cc2)CC1)C(C)=O. The van der Waals surface area contributed by atoms with Crippen LogP contribution in [0.1, 0.15) is 47.9 Å². The highest BCUT2D eigenvalue weighted by molar-refractivity contribution is 5.73. The van der Waals surface area contributed by atoms with Gasteiger partial charge in [0.05, 0.1) is 7.11 Å².